The third-order valence-electron chi connectivity index (χ3n) is 3.16. The van der Waals surface area contributed by atoms with Crippen LogP contribution in [0.25, 0.3) is 0 Å². The summed E-state index contributed by atoms with van der Waals surface area (Å²) in [6, 6.07) is 4.52. The first-order chi connectivity index (χ1) is 9.95. The highest BCUT2D eigenvalue weighted by Crippen LogP contribution is 2.25. The van der Waals surface area contributed by atoms with Crippen LogP contribution < -0.4 is 16.4 Å². The average molecular weight is 331 g/mol. The summed E-state index contributed by atoms with van der Waals surface area (Å²) in [5.41, 5.74) is 5.74. The van der Waals surface area contributed by atoms with E-state index in [1.165, 1.54) is 0 Å². The topological polar surface area (TPSA) is 87.5 Å². The quantitative estimate of drug-likeness (QED) is 0.787. The minimum atomic E-state index is -0.390. The lowest BCUT2D eigenvalue weighted by atomic mass is 10.1. The maximum Gasteiger partial charge on any atom is 0.321 e. The Hall–Kier alpha value is -1.50. The largest absolute Gasteiger partial charge is 0.370 e. The highest BCUT2D eigenvalue weighted by molar-refractivity contribution is 6.42. The van der Waals surface area contributed by atoms with Gasteiger partial charge in [0.15, 0.2) is 0 Å². The van der Waals surface area contributed by atoms with Crippen molar-refractivity contribution in [2.45, 2.75) is 12.5 Å². The second-order valence-corrected chi connectivity index (χ2v) is 5.64. The summed E-state index contributed by atoms with van der Waals surface area (Å²) in [4.78, 5) is 24.8. The molecule has 6 nitrogen and oxygen atoms in total. The van der Waals surface area contributed by atoms with Gasteiger partial charge in [0.05, 0.1) is 10.0 Å². The van der Waals surface area contributed by atoms with Crippen molar-refractivity contribution in [1.29, 1.82) is 0 Å². The molecule has 1 saturated heterocycles. The first kappa shape index (κ1) is 15.9. The maximum absolute atomic E-state index is 12.2. The Bertz CT molecular complexity index is 553. The zero-order valence-corrected chi connectivity index (χ0v) is 12.7. The van der Waals surface area contributed by atoms with Gasteiger partial charge in [0, 0.05) is 37.8 Å². The average Bonchev–Trinajstić information content (AvgIpc) is 2.42. The molecule has 1 aliphatic heterocycles. The third-order valence-corrected chi connectivity index (χ3v) is 3.90. The second-order valence-electron chi connectivity index (χ2n) is 4.83. The second kappa shape index (κ2) is 6.98. The van der Waals surface area contributed by atoms with Gasteiger partial charge in [-0.3, -0.25) is 4.79 Å². The molecule has 0 saturated carbocycles. The Labute approximate surface area is 132 Å². The minimum Gasteiger partial charge on any atom is -0.370 e. The fourth-order valence-electron chi connectivity index (χ4n) is 2.17. The third kappa shape index (κ3) is 4.49. The number of piperazine rings is 1. The zero-order chi connectivity index (χ0) is 15.4. The number of carbonyl (C=O) groups is 2. The molecule has 0 radical (unpaired) electrons. The number of carbonyl (C=O) groups excluding carboxylic acids is 2. The van der Waals surface area contributed by atoms with E-state index >= 15 is 0 Å². The molecule has 8 heteroatoms. The summed E-state index contributed by atoms with van der Waals surface area (Å²) in [5.74, 6) is -0.390. The Kier molecular flexibility index (Phi) is 5.27. The molecule has 1 heterocycles. The summed E-state index contributed by atoms with van der Waals surface area (Å²) >= 11 is 11.7. The lowest BCUT2D eigenvalue weighted by Crippen LogP contribution is -2.54. The van der Waals surface area contributed by atoms with Crippen LogP contribution in [-0.2, 0) is 4.79 Å². The van der Waals surface area contributed by atoms with E-state index in [2.05, 4.69) is 10.6 Å². The Morgan fingerprint density at radius 3 is 2.81 bits per heavy atom. The number of hydrogen-bond donors (Lipinski definition) is 3. The number of nitrogens with two attached hydrogens (primary N) is 1. The van der Waals surface area contributed by atoms with Crippen molar-refractivity contribution in [2.75, 3.05) is 25.0 Å². The molecule has 1 aliphatic rings. The van der Waals surface area contributed by atoms with E-state index in [4.69, 9.17) is 28.9 Å². The summed E-state index contributed by atoms with van der Waals surface area (Å²) < 4.78 is 0. The van der Waals surface area contributed by atoms with Crippen LogP contribution in [0.5, 0.6) is 0 Å². The molecule has 2 rings (SSSR count). The SMILES string of the molecule is NC(=O)CC1CN(C(=O)Nc2ccc(Cl)c(Cl)c2)CCN1. The molecular weight excluding hydrogens is 315 g/mol. The number of rotatable bonds is 3. The van der Waals surface area contributed by atoms with Crippen LogP contribution in [0.1, 0.15) is 6.42 Å². The van der Waals surface area contributed by atoms with Crippen LogP contribution >= 0.6 is 23.2 Å². The normalized spacial score (nSPS) is 18.4. The van der Waals surface area contributed by atoms with Crippen LogP contribution in [-0.4, -0.2) is 42.5 Å². The smallest absolute Gasteiger partial charge is 0.321 e. The van der Waals surface area contributed by atoms with Gasteiger partial charge in [-0.05, 0) is 18.2 Å². The Morgan fingerprint density at radius 1 is 1.38 bits per heavy atom. The fourth-order valence-corrected chi connectivity index (χ4v) is 2.46. The van der Waals surface area contributed by atoms with E-state index in [0.717, 1.165) is 0 Å². The van der Waals surface area contributed by atoms with Gasteiger partial charge >= 0.3 is 6.03 Å². The van der Waals surface area contributed by atoms with Gasteiger partial charge in [0.25, 0.3) is 0 Å². The standard InChI is InChI=1S/C13H16Cl2N4O2/c14-10-2-1-8(5-11(10)15)18-13(21)19-4-3-17-9(7-19)6-12(16)20/h1-2,5,9,17H,3-4,6-7H2,(H2,16,20)(H,18,21). The van der Waals surface area contributed by atoms with Gasteiger partial charge in [-0.25, -0.2) is 4.79 Å². The van der Waals surface area contributed by atoms with Crippen molar-refractivity contribution >= 4 is 40.8 Å². The number of amides is 3. The van der Waals surface area contributed by atoms with E-state index in [-0.39, 0.29) is 24.4 Å². The number of anilines is 1. The summed E-state index contributed by atoms with van der Waals surface area (Å²) in [5, 5.41) is 6.71. The van der Waals surface area contributed by atoms with Crippen molar-refractivity contribution in [3.05, 3.63) is 28.2 Å². The lowest BCUT2D eigenvalue weighted by Gasteiger charge is -2.33. The first-order valence-corrected chi connectivity index (χ1v) is 7.24. The van der Waals surface area contributed by atoms with Crippen LogP contribution in [0.3, 0.4) is 0 Å². The molecule has 1 fully saturated rings. The fraction of sp³-hybridized carbons (Fsp3) is 0.385. The lowest BCUT2D eigenvalue weighted by molar-refractivity contribution is -0.118. The molecule has 4 N–H and O–H groups in total. The highest BCUT2D eigenvalue weighted by Gasteiger charge is 2.24. The summed E-state index contributed by atoms with van der Waals surface area (Å²) in [7, 11) is 0. The van der Waals surface area contributed by atoms with Gasteiger partial charge < -0.3 is 21.3 Å². The number of halogens is 2. The Balaban J connectivity index is 1.96. The molecule has 0 aromatic heterocycles. The monoisotopic (exact) mass is 330 g/mol. The molecule has 1 atom stereocenters. The number of urea groups is 1. The zero-order valence-electron chi connectivity index (χ0n) is 11.2. The molecular formula is C13H16Cl2N4O2. The van der Waals surface area contributed by atoms with Crippen molar-refractivity contribution in [2.24, 2.45) is 5.73 Å². The first-order valence-electron chi connectivity index (χ1n) is 6.48. The molecule has 1 unspecified atom stereocenters. The van der Waals surface area contributed by atoms with Gasteiger partial charge in [-0.2, -0.15) is 0 Å². The van der Waals surface area contributed by atoms with Crippen molar-refractivity contribution in [1.82, 2.24) is 10.2 Å². The van der Waals surface area contributed by atoms with E-state index in [1.54, 1.807) is 23.1 Å². The number of benzene rings is 1. The number of nitrogens with one attached hydrogen (secondary N) is 2. The maximum atomic E-state index is 12.2. The predicted octanol–water partition coefficient (Wildman–Crippen LogP) is 1.67. The minimum absolute atomic E-state index is 0.115. The number of nitrogens with zero attached hydrogens (tertiary/aromatic N) is 1. The molecule has 0 aliphatic carbocycles. The van der Waals surface area contributed by atoms with Crippen LogP contribution in [0.2, 0.25) is 10.0 Å². The molecule has 1 aromatic carbocycles. The van der Waals surface area contributed by atoms with Crippen molar-refractivity contribution < 1.29 is 9.59 Å². The van der Waals surface area contributed by atoms with Gasteiger partial charge in [-0.15, -0.1) is 0 Å². The number of primary amides is 1. The number of hydrogen-bond acceptors (Lipinski definition) is 3. The van der Waals surface area contributed by atoms with Gasteiger partial charge in [0.2, 0.25) is 5.91 Å². The molecule has 0 spiro atoms. The van der Waals surface area contributed by atoms with Crippen molar-refractivity contribution in [3.8, 4) is 0 Å². The van der Waals surface area contributed by atoms with Crippen LogP contribution in [0.15, 0.2) is 18.2 Å². The molecule has 21 heavy (non-hydrogen) atoms. The molecule has 1 aromatic rings. The Morgan fingerprint density at radius 2 is 2.14 bits per heavy atom. The predicted molar refractivity (Wildman–Crippen MR) is 82.7 cm³/mol. The van der Waals surface area contributed by atoms with E-state index in [9.17, 15) is 9.59 Å². The van der Waals surface area contributed by atoms with E-state index in [0.29, 0.717) is 35.4 Å². The van der Waals surface area contributed by atoms with Gasteiger partial charge in [0.1, 0.15) is 0 Å². The van der Waals surface area contributed by atoms with Crippen LogP contribution in [0, 0.1) is 0 Å². The van der Waals surface area contributed by atoms with E-state index < -0.39 is 0 Å². The summed E-state index contributed by atoms with van der Waals surface area (Å²) in [6.45, 7) is 1.60. The highest BCUT2D eigenvalue weighted by atomic mass is 35.5. The van der Waals surface area contributed by atoms with Gasteiger partial charge in [-0.1, -0.05) is 23.2 Å². The molecule has 3 amide bonds. The van der Waals surface area contributed by atoms with Crippen molar-refractivity contribution in [3.63, 3.8) is 0 Å². The molecule has 0 bridgehead atoms. The van der Waals surface area contributed by atoms with E-state index in [1.807, 2.05) is 0 Å². The molecule has 114 valence electrons. The van der Waals surface area contributed by atoms with Crippen LogP contribution in [0.4, 0.5) is 10.5 Å². The summed E-state index contributed by atoms with van der Waals surface area (Å²) in [6.07, 6.45) is 0.205.